The van der Waals surface area contributed by atoms with Crippen LogP contribution in [-0.4, -0.2) is 31.7 Å². The van der Waals surface area contributed by atoms with Crippen LogP contribution < -0.4 is 0 Å². The molecule has 0 spiro atoms. The molecule has 33 heavy (non-hydrogen) atoms. The Hall–Kier alpha value is -2.04. The Balaban J connectivity index is 2.02. The first-order valence-electron chi connectivity index (χ1n) is 8.21. The van der Waals surface area contributed by atoms with E-state index >= 15 is 0 Å². The van der Waals surface area contributed by atoms with Gasteiger partial charge in [-0.25, -0.2) is 0 Å². The van der Waals surface area contributed by atoms with Gasteiger partial charge in [0.1, 0.15) is 5.58 Å². The number of alkyl halides is 9. The average Bonchev–Trinajstić information content (AvgIpc) is 2.71. The second-order valence-electron chi connectivity index (χ2n) is 6.33. The van der Waals surface area contributed by atoms with E-state index in [4.69, 9.17) is 16.6 Å². The van der Waals surface area contributed by atoms with Gasteiger partial charge in [0.05, 0.1) is 21.4 Å². The van der Waals surface area contributed by atoms with Crippen LogP contribution in [0.3, 0.4) is 0 Å². The highest BCUT2D eigenvalue weighted by atomic mass is 32.3. The molecule has 0 radical (unpaired) electrons. The molecule has 0 N–H and O–H groups in total. The third-order valence-electron chi connectivity index (χ3n) is 4.21. The summed E-state index contributed by atoms with van der Waals surface area (Å²) >= 11 is 4.73. The monoisotopic (exact) mass is 542 g/mol. The lowest BCUT2D eigenvalue weighted by atomic mass is 10.1. The molecular weight excluding hydrogens is 535 g/mol. The van der Waals surface area contributed by atoms with Crippen molar-refractivity contribution in [2.24, 2.45) is 0 Å². The fourth-order valence-electron chi connectivity index (χ4n) is 2.51. The molecule has 2 aromatic carbocycles. The molecule has 0 unspecified atom stereocenters. The predicted molar refractivity (Wildman–Crippen MR) is 101 cm³/mol. The summed E-state index contributed by atoms with van der Waals surface area (Å²) in [5.74, 6) is -14.8. The summed E-state index contributed by atoms with van der Waals surface area (Å²) in [5, 5.41) is -6.38. The van der Waals surface area contributed by atoms with Crippen molar-refractivity contribution in [2.75, 3.05) is 0 Å². The summed E-state index contributed by atoms with van der Waals surface area (Å²) in [7, 11) is -7.05. The number of hydrogen-bond acceptors (Lipinski definition) is 6. The molecule has 4 nitrogen and oxygen atoms in total. The maximum absolute atomic E-state index is 13.8. The summed E-state index contributed by atoms with van der Waals surface area (Å²) in [6.45, 7) is 0. The number of benzene rings is 2. The minimum atomic E-state index is -7.40. The van der Waals surface area contributed by atoms with E-state index < -0.39 is 50.3 Å². The molecule has 180 valence electrons. The maximum Gasteiger partial charge on any atom is 0.460 e. The normalized spacial score (nSPS) is 14.2. The van der Waals surface area contributed by atoms with Crippen LogP contribution in [-0.2, 0) is 13.7 Å². The quantitative estimate of drug-likeness (QED) is 0.143. The van der Waals surface area contributed by atoms with Crippen molar-refractivity contribution in [3.63, 3.8) is 0 Å². The van der Waals surface area contributed by atoms with Gasteiger partial charge in [-0.3, -0.25) is 0 Å². The number of fused-ring (bicyclic) bond motifs is 2. The molecule has 0 amide bonds. The van der Waals surface area contributed by atoms with Crippen LogP contribution in [0.25, 0.3) is 21.9 Å². The summed E-state index contributed by atoms with van der Waals surface area (Å²) in [5.41, 5.74) is -0.0790. The molecule has 0 saturated heterocycles. The summed E-state index contributed by atoms with van der Waals surface area (Å²) < 4.78 is 150. The van der Waals surface area contributed by atoms with Crippen molar-refractivity contribution in [1.82, 2.24) is 0 Å². The predicted octanol–water partition coefficient (Wildman–Crippen LogP) is 7.09. The topological polar surface area (TPSA) is 56.5 Å². The number of para-hydroxylation sites is 2. The van der Waals surface area contributed by atoms with Crippen molar-refractivity contribution < 1.29 is 56.0 Å². The van der Waals surface area contributed by atoms with Gasteiger partial charge in [-0.1, -0.05) is 30.4 Å². The van der Waals surface area contributed by atoms with Crippen molar-refractivity contribution >= 4 is 56.3 Å². The van der Waals surface area contributed by atoms with Crippen LogP contribution in [0, 0.1) is 4.51 Å². The number of halogens is 9. The minimum absolute atomic E-state index is 0.149. The van der Waals surface area contributed by atoms with Crippen LogP contribution >= 0.6 is 24.3 Å². The molecule has 0 fully saturated rings. The van der Waals surface area contributed by atoms with E-state index in [9.17, 15) is 47.9 Å². The second kappa shape index (κ2) is 8.02. The zero-order valence-corrected chi connectivity index (χ0v) is 17.8. The smallest absolute Gasteiger partial charge is 0.455 e. The molecule has 3 aromatic rings. The van der Waals surface area contributed by atoms with Crippen molar-refractivity contribution in [3.05, 3.63) is 47.0 Å². The van der Waals surface area contributed by atoms with Crippen LogP contribution in [0.5, 0.6) is 0 Å². The van der Waals surface area contributed by atoms with Crippen LogP contribution in [0.15, 0.2) is 51.8 Å². The first-order chi connectivity index (χ1) is 15.0. The SMILES string of the molecule is O=S(=O)(OSc1cccc2c(=S)c3ccccc3oc12)C(F)(F)C(F)(F)C(F)(F)C(F)(F)F. The molecule has 1 aromatic heterocycles. The van der Waals surface area contributed by atoms with Crippen molar-refractivity contribution in [3.8, 4) is 0 Å². The van der Waals surface area contributed by atoms with Gasteiger partial charge < -0.3 is 4.42 Å². The highest BCUT2D eigenvalue weighted by Crippen LogP contribution is 2.55. The molecule has 16 heteroatoms. The van der Waals surface area contributed by atoms with Gasteiger partial charge in [0.25, 0.3) is 0 Å². The first-order valence-corrected chi connectivity index (χ1v) is 10.8. The van der Waals surface area contributed by atoms with Gasteiger partial charge in [0.15, 0.2) is 5.58 Å². The molecule has 0 aliphatic rings. The fraction of sp³-hybridized carbons (Fsp3) is 0.235. The Morgan fingerprint density at radius 3 is 2.00 bits per heavy atom. The van der Waals surface area contributed by atoms with E-state index in [2.05, 4.69) is 3.63 Å². The van der Waals surface area contributed by atoms with E-state index in [0.717, 1.165) is 6.07 Å². The molecule has 1 heterocycles. The van der Waals surface area contributed by atoms with E-state index in [-0.39, 0.29) is 21.1 Å². The van der Waals surface area contributed by atoms with E-state index in [1.54, 1.807) is 12.1 Å². The van der Waals surface area contributed by atoms with E-state index in [0.29, 0.717) is 5.39 Å². The molecular formula is C17H7F9O4S3. The van der Waals surface area contributed by atoms with Gasteiger partial charge in [0, 0.05) is 10.8 Å². The van der Waals surface area contributed by atoms with Gasteiger partial charge in [0.2, 0.25) is 0 Å². The molecule has 0 bridgehead atoms. The Labute approximate surface area is 187 Å². The summed E-state index contributed by atoms with van der Waals surface area (Å²) in [6.07, 6.45) is -7.18. The lowest BCUT2D eigenvalue weighted by molar-refractivity contribution is -0.382. The van der Waals surface area contributed by atoms with Gasteiger partial charge in [-0.15, -0.1) is 0 Å². The third-order valence-corrected chi connectivity index (χ3v) is 7.02. The Morgan fingerprint density at radius 2 is 1.39 bits per heavy atom. The third kappa shape index (κ3) is 3.95. The maximum atomic E-state index is 13.8. The molecule has 0 saturated carbocycles. The Kier molecular flexibility index (Phi) is 6.22. The standard InChI is InChI=1S/C17H7F9O4S3/c18-14(19,16(22,23)24)15(20,21)17(25,26)33(27,28)30-32-11-7-3-5-9-12(11)29-10-6-2-1-4-8(10)13(9)31/h1-7H. The first kappa shape index (κ1) is 25.6. The largest absolute Gasteiger partial charge is 0.460 e. The minimum Gasteiger partial charge on any atom is -0.455 e. The van der Waals surface area contributed by atoms with Gasteiger partial charge in [-0.2, -0.15) is 51.6 Å². The molecule has 0 aliphatic heterocycles. The van der Waals surface area contributed by atoms with Crippen molar-refractivity contribution in [1.29, 1.82) is 0 Å². The van der Waals surface area contributed by atoms with Crippen molar-refractivity contribution in [2.45, 2.75) is 28.2 Å². The zero-order chi connectivity index (χ0) is 25.0. The highest BCUT2D eigenvalue weighted by molar-refractivity contribution is 8.05. The molecule has 3 rings (SSSR count). The number of hydrogen-bond donors (Lipinski definition) is 0. The average molecular weight is 542 g/mol. The van der Waals surface area contributed by atoms with E-state index in [1.807, 2.05) is 0 Å². The molecule has 0 atom stereocenters. The van der Waals surface area contributed by atoms with Gasteiger partial charge >= 0.3 is 33.4 Å². The van der Waals surface area contributed by atoms with Gasteiger partial charge in [-0.05, 0) is 24.3 Å². The summed E-state index contributed by atoms with van der Waals surface area (Å²) in [4.78, 5) is -0.422. The highest BCUT2D eigenvalue weighted by Gasteiger charge is 2.85. The zero-order valence-electron chi connectivity index (χ0n) is 15.3. The number of rotatable bonds is 6. The Morgan fingerprint density at radius 1 is 0.818 bits per heavy atom. The second-order valence-corrected chi connectivity index (χ2v) is 9.31. The lowest BCUT2D eigenvalue weighted by Crippen LogP contribution is -2.63. The summed E-state index contributed by atoms with van der Waals surface area (Å²) in [6, 6.07) is 9.81. The van der Waals surface area contributed by atoms with Crippen LogP contribution in [0.2, 0.25) is 0 Å². The van der Waals surface area contributed by atoms with E-state index in [1.165, 1.54) is 24.3 Å². The lowest BCUT2D eigenvalue weighted by Gasteiger charge is -2.32. The fourth-order valence-corrected chi connectivity index (χ4v) is 4.63. The van der Waals surface area contributed by atoms with Crippen LogP contribution in [0.1, 0.15) is 0 Å². The Bertz CT molecular complexity index is 1380. The van der Waals surface area contributed by atoms with Crippen LogP contribution in [0.4, 0.5) is 39.5 Å². The molecule has 0 aliphatic carbocycles.